The normalized spacial score (nSPS) is 10.7. The van der Waals surface area contributed by atoms with Gasteiger partial charge in [0.25, 0.3) is 5.69 Å². The predicted octanol–water partition coefficient (Wildman–Crippen LogP) is 2.12. The van der Waals surface area contributed by atoms with Crippen LogP contribution in [0.3, 0.4) is 0 Å². The van der Waals surface area contributed by atoms with Gasteiger partial charge in [0.15, 0.2) is 0 Å². The van der Waals surface area contributed by atoms with E-state index in [4.69, 9.17) is 0 Å². The van der Waals surface area contributed by atoms with Crippen molar-refractivity contribution in [1.29, 1.82) is 0 Å². The van der Waals surface area contributed by atoms with Crippen molar-refractivity contribution in [3.8, 4) is 5.75 Å². The number of hydrogen-bond donors (Lipinski definition) is 1. The Kier molecular flexibility index (Phi) is 5.42. The fourth-order valence-corrected chi connectivity index (χ4v) is 2.05. The van der Waals surface area contributed by atoms with Gasteiger partial charge in [0.2, 0.25) is 5.91 Å². The van der Waals surface area contributed by atoms with Crippen LogP contribution in [0.15, 0.2) is 52.0 Å². The van der Waals surface area contributed by atoms with Crippen LogP contribution in [0.4, 0.5) is 5.69 Å². The molecule has 0 saturated heterocycles. The summed E-state index contributed by atoms with van der Waals surface area (Å²) in [5.74, 6) is -1.11. The molecule has 0 heterocycles. The van der Waals surface area contributed by atoms with Crippen LogP contribution in [0.2, 0.25) is 0 Å². The van der Waals surface area contributed by atoms with Crippen molar-refractivity contribution in [1.82, 2.24) is 5.43 Å². The number of nitrogens with one attached hydrogen (secondary N) is 1. The molecule has 2 aromatic rings. The van der Waals surface area contributed by atoms with Crippen LogP contribution >= 0.6 is 15.9 Å². The summed E-state index contributed by atoms with van der Waals surface area (Å²) in [6.07, 6.45) is 1.22. The molecule has 0 radical (unpaired) electrons. The first-order chi connectivity index (χ1) is 11.0. The summed E-state index contributed by atoms with van der Waals surface area (Å²) < 4.78 is 0.910. The number of rotatable bonds is 5. The minimum atomic E-state index is -0.758. The van der Waals surface area contributed by atoms with E-state index in [1.54, 1.807) is 12.1 Å². The molecule has 1 amide bonds. The maximum Gasteiger partial charge on any atom is 0.262 e. The molecular weight excluding hydrogens is 366 g/mol. The van der Waals surface area contributed by atoms with Crippen molar-refractivity contribution >= 4 is 33.7 Å². The van der Waals surface area contributed by atoms with E-state index in [1.807, 2.05) is 12.1 Å². The first-order valence-corrected chi connectivity index (χ1v) is 7.27. The smallest absolute Gasteiger partial charge is 0.262 e. The Balaban J connectivity index is 1.99. The van der Waals surface area contributed by atoms with E-state index in [-0.39, 0.29) is 17.9 Å². The molecule has 0 aliphatic rings. The first-order valence-electron chi connectivity index (χ1n) is 6.48. The average molecular weight is 377 g/mol. The van der Waals surface area contributed by atoms with E-state index in [1.165, 1.54) is 12.1 Å². The summed E-state index contributed by atoms with van der Waals surface area (Å²) in [7, 11) is 0. The minimum Gasteiger partial charge on any atom is -0.867 e. The van der Waals surface area contributed by atoms with Gasteiger partial charge in [0.05, 0.1) is 17.6 Å². The van der Waals surface area contributed by atoms with Gasteiger partial charge in [-0.05, 0) is 29.0 Å². The number of carbonyl (C=O) groups is 1. The van der Waals surface area contributed by atoms with E-state index in [0.29, 0.717) is 0 Å². The standard InChI is InChI=1S/C15H12BrN3O4/c16-12-6-4-10(5-7-12)8-14(20)18-17-9-11-2-1-3-13(15(11)21)19(22)23/h1-7,9,21H,8H2,(H,18,20)/p-1/b17-9-. The molecule has 0 saturated carbocycles. The Morgan fingerprint density at radius 3 is 2.61 bits per heavy atom. The monoisotopic (exact) mass is 376 g/mol. The van der Waals surface area contributed by atoms with Crippen molar-refractivity contribution < 1.29 is 14.8 Å². The van der Waals surface area contributed by atoms with Crippen LogP contribution in [0.1, 0.15) is 11.1 Å². The highest BCUT2D eigenvalue weighted by Gasteiger charge is 2.08. The van der Waals surface area contributed by atoms with Crippen LogP contribution in [0.25, 0.3) is 0 Å². The molecular formula is C15H11BrN3O4-. The number of hydrogen-bond acceptors (Lipinski definition) is 5. The van der Waals surface area contributed by atoms with E-state index >= 15 is 0 Å². The zero-order chi connectivity index (χ0) is 16.8. The van der Waals surface area contributed by atoms with Crippen LogP contribution in [0.5, 0.6) is 5.75 Å². The number of amides is 1. The van der Waals surface area contributed by atoms with Crippen LogP contribution in [0, 0.1) is 10.1 Å². The lowest BCUT2D eigenvalue weighted by atomic mass is 10.1. The topological polar surface area (TPSA) is 108 Å². The van der Waals surface area contributed by atoms with Gasteiger partial charge in [-0.1, -0.05) is 40.2 Å². The molecule has 0 spiro atoms. The van der Waals surface area contributed by atoms with E-state index in [9.17, 15) is 20.0 Å². The third kappa shape index (κ3) is 4.62. The Morgan fingerprint density at radius 2 is 1.96 bits per heavy atom. The van der Waals surface area contributed by atoms with Crippen molar-refractivity contribution in [2.24, 2.45) is 5.10 Å². The lowest BCUT2D eigenvalue weighted by molar-refractivity contribution is -0.398. The predicted molar refractivity (Wildman–Crippen MR) is 86.1 cm³/mol. The van der Waals surface area contributed by atoms with Gasteiger partial charge in [-0.25, -0.2) is 5.43 Å². The van der Waals surface area contributed by atoms with Gasteiger partial charge in [0, 0.05) is 10.5 Å². The number of carbonyl (C=O) groups excluding carboxylic acids is 1. The molecule has 0 aliphatic carbocycles. The molecule has 0 aliphatic heterocycles. The number of para-hydroxylation sites is 1. The molecule has 2 aromatic carbocycles. The van der Waals surface area contributed by atoms with Crippen LogP contribution in [-0.4, -0.2) is 17.0 Å². The van der Waals surface area contributed by atoms with Crippen molar-refractivity contribution in [2.75, 3.05) is 0 Å². The van der Waals surface area contributed by atoms with E-state index < -0.39 is 16.4 Å². The zero-order valence-electron chi connectivity index (χ0n) is 11.7. The molecule has 2 rings (SSSR count). The molecule has 0 fully saturated rings. The number of halogens is 1. The molecule has 0 aromatic heterocycles. The van der Waals surface area contributed by atoms with Gasteiger partial charge < -0.3 is 5.11 Å². The molecule has 118 valence electrons. The second-order valence-electron chi connectivity index (χ2n) is 4.55. The van der Waals surface area contributed by atoms with E-state index in [2.05, 4.69) is 26.5 Å². The van der Waals surface area contributed by atoms with Crippen LogP contribution < -0.4 is 10.5 Å². The Hall–Kier alpha value is -2.74. The van der Waals surface area contributed by atoms with Crippen molar-refractivity contribution in [2.45, 2.75) is 6.42 Å². The van der Waals surface area contributed by atoms with Gasteiger partial charge in [-0.3, -0.25) is 14.9 Å². The summed E-state index contributed by atoms with van der Waals surface area (Å²) in [6, 6.07) is 11.1. The second kappa shape index (κ2) is 7.50. The number of nitro groups is 1. The zero-order valence-corrected chi connectivity index (χ0v) is 13.3. The third-order valence-corrected chi connectivity index (χ3v) is 3.42. The summed E-state index contributed by atoms with van der Waals surface area (Å²) >= 11 is 3.30. The molecule has 0 atom stereocenters. The SMILES string of the molecule is O=C(Cc1ccc(Br)cc1)N/N=C\c1cccc([N+](=O)[O-])c1[O-]. The Labute approximate surface area is 139 Å². The molecule has 1 N–H and O–H groups in total. The van der Waals surface area contributed by atoms with Crippen molar-refractivity contribution in [3.05, 3.63) is 68.2 Å². The average Bonchev–Trinajstić information content (AvgIpc) is 2.51. The summed E-state index contributed by atoms with van der Waals surface area (Å²) in [5, 5.41) is 26.1. The maximum absolute atomic E-state index is 11.8. The molecule has 7 nitrogen and oxygen atoms in total. The van der Waals surface area contributed by atoms with Gasteiger partial charge in [0.1, 0.15) is 0 Å². The van der Waals surface area contributed by atoms with Gasteiger partial charge >= 0.3 is 0 Å². The summed E-state index contributed by atoms with van der Waals surface area (Å²) in [6.45, 7) is 0. The van der Waals surface area contributed by atoms with Gasteiger partial charge in [-0.2, -0.15) is 5.10 Å². The maximum atomic E-state index is 11.8. The number of nitro benzene ring substituents is 1. The fourth-order valence-electron chi connectivity index (χ4n) is 1.79. The highest BCUT2D eigenvalue weighted by molar-refractivity contribution is 9.10. The molecule has 0 unspecified atom stereocenters. The fraction of sp³-hybridized carbons (Fsp3) is 0.0667. The number of benzene rings is 2. The Morgan fingerprint density at radius 1 is 1.26 bits per heavy atom. The second-order valence-corrected chi connectivity index (χ2v) is 5.46. The number of nitrogens with zero attached hydrogens (tertiary/aromatic N) is 2. The van der Waals surface area contributed by atoms with Crippen molar-refractivity contribution in [3.63, 3.8) is 0 Å². The highest BCUT2D eigenvalue weighted by atomic mass is 79.9. The highest BCUT2D eigenvalue weighted by Crippen LogP contribution is 2.25. The Bertz CT molecular complexity index is 760. The quantitative estimate of drug-likeness (QED) is 0.489. The molecule has 23 heavy (non-hydrogen) atoms. The number of hydrazone groups is 1. The lowest BCUT2D eigenvalue weighted by Crippen LogP contribution is -2.19. The minimum absolute atomic E-state index is 0.0307. The lowest BCUT2D eigenvalue weighted by Gasteiger charge is -2.09. The summed E-state index contributed by atoms with van der Waals surface area (Å²) in [4.78, 5) is 21.6. The largest absolute Gasteiger partial charge is 0.867 e. The van der Waals surface area contributed by atoms with Gasteiger partial charge in [-0.15, -0.1) is 0 Å². The first kappa shape index (κ1) is 16.6. The van der Waals surface area contributed by atoms with Crippen LogP contribution in [-0.2, 0) is 11.2 Å². The molecule has 0 bridgehead atoms. The summed E-state index contributed by atoms with van der Waals surface area (Å²) in [5.41, 5.74) is 2.58. The third-order valence-electron chi connectivity index (χ3n) is 2.89. The molecule has 8 heteroatoms. The van der Waals surface area contributed by atoms with E-state index in [0.717, 1.165) is 22.3 Å².